The van der Waals surface area contributed by atoms with Crippen LogP contribution < -0.4 is 15.0 Å². The Morgan fingerprint density at radius 1 is 0.935 bits per heavy atom. The number of esters is 1. The molecule has 0 aliphatic rings. The van der Waals surface area contributed by atoms with Crippen molar-refractivity contribution >= 4 is 34.2 Å². The first-order valence-electron chi connectivity index (χ1n) is 9.90. The van der Waals surface area contributed by atoms with Crippen LogP contribution in [0.15, 0.2) is 66.7 Å². The van der Waals surface area contributed by atoms with Crippen molar-refractivity contribution in [3.8, 4) is 5.75 Å². The van der Waals surface area contributed by atoms with Gasteiger partial charge in [-0.3, -0.25) is 14.4 Å². The minimum Gasteiger partial charge on any atom is -0.496 e. The molecule has 3 aromatic rings. The van der Waals surface area contributed by atoms with Gasteiger partial charge in [0.05, 0.1) is 18.4 Å². The lowest BCUT2D eigenvalue weighted by atomic mass is 10.1. The van der Waals surface area contributed by atoms with E-state index in [-0.39, 0.29) is 12.5 Å². The van der Waals surface area contributed by atoms with Crippen molar-refractivity contribution in [1.29, 1.82) is 0 Å². The molecule has 0 aliphatic heterocycles. The lowest BCUT2D eigenvalue weighted by Gasteiger charge is -2.22. The molecule has 31 heavy (non-hydrogen) atoms. The number of ether oxygens (including phenoxy) is 2. The van der Waals surface area contributed by atoms with E-state index in [0.29, 0.717) is 17.9 Å². The summed E-state index contributed by atoms with van der Waals surface area (Å²) < 4.78 is 10.2. The highest BCUT2D eigenvalue weighted by atomic mass is 16.5. The summed E-state index contributed by atoms with van der Waals surface area (Å²) in [5.74, 6) is -1.11. The molecule has 160 valence electrons. The van der Waals surface area contributed by atoms with Gasteiger partial charge in [0, 0.05) is 11.9 Å². The van der Waals surface area contributed by atoms with Gasteiger partial charge >= 0.3 is 5.97 Å². The van der Waals surface area contributed by atoms with Crippen LogP contribution in [-0.2, 0) is 14.3 Å². The first kappa shape index (κ1) is 21.8. The molecule has 0 atom stereocenters. The van der Waals surface area contributed by atoms with E-state index in [9.17, 15) is 14.4 Å². The fourth-order valence-corrected chi connectivity index (χ4v) is 3.28. The lowest BCUT2D eigenvalue weighted by Crippen LogP contribution is -2.36. The van der Waals surface area contributed by atoms with Gasteiger partial charge in [-0.1, -0.05) is 48.5 Å². The molecule has 0 heterocycles. The first-order valence-corrected chi connectivity index (χ1v) is 9.90. The SMILES string of the molecule is CCN(C(=O)COC(=O)CNC(=O)c1ccccc1OC)c1cccc2ccccc12. The molecular weight excluding hydrogens is 396 g/mol. The number of hydrogen-bond acceptors (Lipinski definition) is 5. The third-order valence-corrected chi connectivity index (χ3v) is 4.78. The van der Waals surface area contributed by atoms with Gasteiger partial charge in [0.25, 0.3) is 11.8 Å². The molecule has 0 fully saturated rings. The van der Waals surface area contributed by atoms with Crippen molar-refractivity contribution in [3.05, 3.63) is 72.3 Å². The second-order valence-electron chi connectivity index (χ2n) is 6.68. The van der Waals surface area contributed by atoms with Crippen molar-refractivity contribution in [1.82, 2.24) is 5.32 Å². The maximum Gasteiger partial charge on any atom is 0.325 e. The van der Waals surface area contributed by atoms with Crippen molar-refractivity contribution in [2.75, 3.05) is 31.7 Å². The molecule has 7 heteroatoms. The van der Waals surface area contributed by atoms with Crippen LogP contribution in [0.5, 0.6) is 5.75 Å². The number of fused-ring (bicyclic) bond motifs is 1. The number of anilines is 1. The number of hydrogen-bond donors (Lipinski definition) is 1. The highest BCUT2D eigenvalue weighted by Crippen LogP contribution is 2.26. The number of nitrogens with one attached hydrogen (secondary N) is 1. The molecular formula is C24H24N2O5. The highest BCUT2D eigenvalue weighted by Gasteiger charge is 2.19. The molecule has 0 spiro atoms. The number of carbonyl (C=O) groups is 3. The number of benzene rings is 3. The van der Waals surface area contributed by atoms with Gasteiger partial charge < -0.3 is 19.7 Å². The summed E-state index contributed by atoms with van der Waals surface area (Å²) in [5.41, 5.74) is 1.06. The van der Waals surface area contributed by atoms with Crippen molar-refractivity contribution in [3.63, 3.8) is 0 Å². The summed E-state index contributed by atoms with van der Waals surface area (Å²) in [4.78, 5) is 38.6. The molecule has 0 saturated carbocycles. The Kier molecular flexibility index (Phi) is 7.22. The number of carbonyl (C=O) groups excluding carboxylic acids is 3. The molecule has 3 rings (SSSR count). The number of rotatable bonds is 8. The van der Waals surface area contributed by atoms with Crippen molar-refractivity contribution < 1.29 is 23.9 Å². The van der Waals surface area contributed by atoms with Gasteiger partial charge in [0.1, 0.15) is 12.3 Å². The smallest absolute Gasteiger partial charge is 0.325 e. The highest BCUT2D eigenvalue weighted by molar-refractivity contribution is 6.04. The minimum absolute atomic E-state index is 0.307. The molecule has 0 aromatic heterocycles. The largest absolute Gasteiger partial charge is 0.496 e. The predicted molar refractivity (Wildman–Crippen MR) is 118 cm³/mol. The van der Waals surface area contributed by atoms with E-state index in [1.54, 1.807) is 29.2 Å². The van der Waals surface area contributed by atoms with Gasteiger partial charge in [-0.25, -0.2) is 0 Å². The summed E-state index contributed by atoms with van der Waals surface area (Å²) in [5, 5.41) is 4.43. The summed E-state index contributed by atoms with van der Waals surface area (Å²) in [6.07, 6.45) is 0. The van der Waals surface area contributed by atoms with Gasteiger partial charge in [-0.15, -0.1) is 0 Å². The average molecular weight is 420 g/mol. The second kappa shape index (κ2) is 10.2. The third kappa shape index (κ3) is 5.19. The number of methoxy groups -OCH3 is 1. The Labute approximate surface area is 180 Å². The van der Waals surface area contributed by atoms with Crippen LogP contribution >= 0.6 is 0 Å². The van der Waals surface area contributed by atoms with Gasteiger partial charge in [-0.2, -0.15) is 0 Å². The molecule has 0 unspecified atom stereocenters. The lowest BCUT2D eigenvalue weighted by molar-refractivity contribution is -0.146. The van der Waals surface area contributed by atoms with Crippen molar-refractivity contribution in [2.45, 2.75) is 6.92 Å². The summed E-state index contributed by atoms with van der Waals surface area (Å²) in [7, 11) is 1.46. The molecule has 0 bridgehead atoms. The Morgan fingerprint density at radius 3 is 2.42 bits per heavy atom. The minimum atomic E-state index is -0.703. The Hall–Kier alpha value is -3.87. The number of para-hydroxylation sites is 1. The van der Waals surface area contributed by atoms with Crippen LogP contribution in [0.3, 0.4) is 0 Å². The quantitative estimate of drug-likeness (QED) is 0.566. The van der Waals surface area contributed by atoms with Gasteiger partial charge in [0.15, 0.2) is 6.61 Å². The molecule has 1 N–H and O–H groups in total. The van der Waals surface area contributed by atoms with Crippen LogP contribution in [0, 0.1) is 0 Å². The van der Waals surface area contributed by atoms with E-state index in [1.807, 2.05) is 49.4 Å². The van der Waals surface area contributed by atoms with Crippen LogP contribution in [0.2, 0.25) is 0 Å². The number of amides is 2. The number of likely N-dealkylation sites (N-methyl/N-ethyl adjacent to an activating group) is 1. The Balaban J connectivity index is 1.58. The Morgan fingerprint density at radius 2 is 1.65 bits per heavy atom. The molecule has 0 radical (unpaired) electrons. The van der Waals surface area contributed by atoms with E-state index in [4.69, 9.17) is 9.47 Å². The zero-order valence-electron chi connectivity index (χ0n) is 17.5. The Bertz CT molecular complexity index is 1090. The molecule has 7 nitrogen and oxygen atoms in total. The van der Waals surface area contributed by atoms with Crippen LogP contribution in [-0.4, -0.2) is 44.6 Å². The van der Waals surface area contributed by atoms with E-state index in [1.165, 1.54) is 7.11 Å². The van der Waals surface area contributed by atoms with Crippen molar-refractivity contribution in [2.24, 2.45) is 0 Å². The number of nitrogens with zero attached hydrogens (tertiary/aromatic N) is 1. The molecule has 0 saturated heterocycles. The maximum atomic E-state index is 12.7. The summed E-state index contributed by atoms with van der Waals surface area (Å²) in [6, 6.07) is 20.2. The summed E-state index contributed by atoms with van der Waals surface area (Å²) >= 11 is 0. The van der Waals surface area contributed by atoms with Gasteiger partial charge in [-0.05, 0) is 30.5 Å². The summed E-state index contributed by atoms with van der Waals surface area (Å²) in [6.45, 7) is 1.51. The van der Waals surface area contributed by atoms with E-state index < -0.39 is 18.5 Å². The zero-order valence-corrected chi connectivity index (χ0v) is 17.5. The average Bonchev–Trinajstić information content (AvgIpc) is 2.81. The predicted octanol–water partition coefficient (Wildman–Crippen LogP) is 3.17. The van der Waals surface area contributed by atoms with Gasteiger partial charge in [0.2, 0.25) is 0 Å². The standard InChI is InChI=1S/C24H24N2O5/c1-3-26(20-13-8-10-17-9-4-5-11-18(17)20)22(27)16-31-23(28)15-25-24(29)19-12-6-7-14-21(19)30-2/h4-14H,3,15-16H2,1-2H3,(H,25,29). The van der Waals surface area contributed by atoms with Crippen LogP contribution in [0.4, 0.5) is 5.69 Å². The van der Waals surface area contributed by atoms with Crippen LogP contribution in [0.25, 0.3) is 10.8 Å². The zero-order chi connectivity index (χ0) is 22.2. The maximum absolute atomic E-state index is 12.7. The topological polar surface area (TPSA) is 84.9 Å². The third-order valence-electron chi connectivity index (χ3n) is 4.78. The normalized spacial score (nSPS) is 10.4. The van der Waals surface area contributed by atoms with E-state index in [0.717, 1.165) is 16.5 Å². The van der Waals surface area contributed by atoms with Crippen LogP contribution in [0.1, 0.15) is 17.3 Å². The van der Waals surface area contributed by atoms with E-state index in [2.05, 4.69) is 5.32 Å². The second-order valence-corrected chi connectivity index (χ2v) is 6.68. The molecule has 2 amide bonds. The fourth-order valence-electron chi connectivity index (χ4n) is 3.28. The fraction of sp³-hybridized carbons (Fsp3) is 0.208. The molecule has 3 aromatic carbocycles. The monoisotopic (exact) mass is 420 g/mol. The first-order chi connectivity index (χ1) is 15.0. The van der Waals surface area contributed by atoms with E-state index >= 15 is 0 Å². The molecule has 0 aliphatic carbocycles.